The van der Waals surface area contributed by atoms with Gasteiger partial charge in [-0.2, -0.15) is 0 Å². The molecule has 1 aliphatic carbocycles. The fourth-order valence-corrected chi connectivity index (χ4v) is 3.80. The number of rotatable bonds is 7. The number of carbonyl (C=O) groups excluding carboxylic acids is 1. The number of aromatic amines is 1. The predicted octanol–water partition coefficient (Wildman–Crippen LogP) is 2.64. The maximum absolute atomic E-state index is 13.3. The predicted molar refractivity (Wildman–Crippen MR) is 110 cm³/mol. The van der Waals surface area contributed by atoms with Gasteiger partial charge in [0.2, 0.25) is 5.91 Å². The molecule has 0 aliphatic heterocycles. The highest BCUT2D eigenvalue weighted by Crippen LogP contribution is 2.30. The van der Waals surface area contributed by atoms with Gasteiger partial charge in [0.25, 0.3) is 5.56 Å². The van der Waals surface area contributed by atoms with Crippen molar-refractivity contribution in [2.45, 2.75) is 58.5 Å². The summed E-state index contributed by atoms with van der Waals surface area (Å²) in [5.74, 6) is -0.151. The molecule has 3 N–H and O–H groups in total. The van der Waals surface area contributed by atoms with Gasteiger partial charge >= 0.3 is 5.69 Å². The van der Waals surface area contributed by atoms with E-state index in [2.05, 4.69) is 4.98 Å². The Morgan fingerprint density at radius 3 is 2.54 bits per heavy atom. The van der Waals surface area contributed by atoms with E-state index in [4.69, 9.17) is 5.73 Å². The van der Waals surface area contributed by atoms with Crippen molar-refractivity contribution in [3.63, 3.8) is 0 Å². The Kier molecular flexibility index (Phi) is 6.34. The van der Waals surface area contributed by atoms with Gasteiger partial charge in [-0.15, -0.1) is 0 Å². The Hall–Kier alpha value is -2.83. The number of anilines is 2. The van der Waals surface area contributed by atoms with Gasteiger partial charge in [0.1, 0.15) is 5.82 Å². The third-order valence-corrected chi connectivity index (χ3v) is 5.37. The average molecular weight is 384 g/mol. The second-order valence-corrected chi connectivity index (χ2v) is 7.39. The molecule has 0 unspecified atom stereocenters. The lowest BCUT2D eigenvalue weighted by atomic mass is 10.1. The van der Waals surface area contributed by atoms with Crippen LogP contribution in [0.15, 0.2) is 39.9 Å². The minimum absolute atomic E-state index is 0.0597. The fourth-order valence-electron chi connectivity index (χ4n) is 3.80. The largest absolute Gasteiger partial charge is 0.383 e. The van der Waals surface area contributed by atoms with Crippen molar-refractivity contribution in [3.05, 3.63) is 56.7 Å². The molecule has 28 heavy (non-hydrogen) atoms. The minimum atomic E-state index is -0.613. The monoisotopic (exact) mass is 384 g/mol. The molecule has 0 bridgehead atoms. The molecule has 150 valence electrons. The Labute approximate surface area is 164 Å². The number of benzene rings is 1. The van der Waals surface area contributed by atoms with E-state index in [9.17, 15) is 14.4 Å². The minimum Gasteiger partial charge on any atom is -0.383 e. The third-order valence-electron chi connectivity index (χ3n) is 5.37. The zero-order valence-electron chi connectivity index (χ0n) is 16.3. The quantitative estimate of drug-likeness (QED) is 0.766. The van der Waals surface area contributed by atoms with Gasteiger partial charge in [0.15, 0.2) is 5.69 Å². The summed E-state index contributed by atoms with van der Waals surface area (Å²) in [4.78, 5) is 42.1. The van der Waals surface area contributed by atoms with E-state index in [-0.39, 0.29) is 29.9 Å². The van der Waals surface area contributed by atoms with Crippen LogP contribution in [-0.2, 0) is 17.9 Å². The van der Waals surface area contributed by atoms with Crippen LogP contribution in [0.2, 0.25) is 0 Å². The molecule has 0 radical (unpaired) electrons. The summed E-state index contributed by atoms with van der Waals surface area (Å²) in [6.07, 6.45) is 5.30. The fraction of sp³-hybridized carbons (Fsp3) is 0.476. The first-order valence-corrected chi connectivity index (χ1v) is 10.0. The zero-order valence-corrected chi connectivity index (χ0v) is 16.3. The number of nitrogen functional groups attached to an aromatic ring is 1. The van der Waals surface area contributed by atoms with Crippen molar-refractivity contribution in [1.29, 1.82) is 0 Å². The first kappa shape index (κ1) is 19.9. The molecule has 1 amide bonds. The average Bonchev–Trinajstić information content (AvgIpc) is 3.22. The van der Waals surface area contributed by atoms with Crippen molar-refractivity contribution in [2.75, 3.05) is 10.6 Å². The molecule has 1 aliphatic rings. The molecule has 1 saturated carbocycles. The number of nitrogens with two attached hydrogens (primary N) is 1. The summed E-state index contributed by atoms with van der Waals surface area (Å²) in [6.45, 7) is 2.66. The van der Waals surface area contributed by atoms with Crippen LogP contribution < -0.4 is 21.9 Å². The molecule has 1 heterocycles. The van der Waals surface area contributed by atoms with Crippen molar-refractivity contribution < 1.29 is 4.79 Å². The number of nitrogens with zero attached hydrogens (tertiary/aromatic N) is 2. The molecular formula is C21H28N4O3. The van der Waals surface area contributed by atoms with Gasteiger partial charge in [0.05, 0.1) is 6.54 Å². The van der Waals surface area contributed by atoms with Crippen LogP contribution in [0.1, 0.15) is 51.0 Å². The van der Waals surface area contributed by atoms with Crippen molar-refractivity contribution >= 4 is 17.4 Å². The summed E-state index contributed by atoms with van der Waals surface area (Å²) in [6, 6.07) is 9.50. The zero-order chi connectivity index (χ0) is 20.1. The van der Waals surface area contributed by atoms with Crippen LogP contribution in [0.3, 0.4) is 0 Å². The number of hydrogen-bond donors (Lipinski definition) is 2. The molecule has 1 fully saturated rings. The third kappa shape index (κ3) is 4.18. The van der Waals surface area contributed by atoms with Crippen molar-refractivity contribution in [1.82, 2.24) is 9.55 Å². The number of H-pyrrole nitrogens is 1. The number of unbranched alkanes of at least 4 members (excludes halogenated alkanes) is 1. The van der Waals surface area contributed by atoms with E-state index in [1.54, 1.807) is 0 Å². The lowest BCUT2D eigenvalue weighted by Gasteiger charge is -2.27. The van der Waals surface area contributed by atoms with E-state index in [0.717, 1.165) is 44.1 Å². The highest BCUT2D eigenvalue weighted by atomic mass is 16.2. The van der Waals surface area contributed by atoms with Crippen LogP contribution >= 0.6 is 0 Å². The molecule has 0 saturated heterocycles. The molecule has 7 nitrogen and oxygen atoms in total. The highest BCUT2D eigenvalue weighted by Gasteiger charge is 2.31. The lowest BCUT2D eigenvalue weighted by molar-refractivity contribution is -0.122. The number of hydrogen-bond acceptors (Lipinski definition) is 4. The maximum Gasteiger partial charge on any atom is 0.330 e. The first-order chi connectivity index (χ1) is 13.5. The summed E-state index contributed by atoms with van der Waals surface area (Å²) in [5, 5.41) is 0. The van der Waals surface area contributed by atoms with Crippen LogP contribution in [0.5, 0.6) is 0 Å². The second-order valence-electron chi connectivity index (χ2n) is 7.39. The van der Waals surface area contributed by atoms with Gasteiger partial charge < -0.3 is 5.73 Å². The van der Waals surface area contributed by atoms with Crippen LogP contribution in [0, 0.1) is 5.92 Å². The SMILES string of the molecule is CCCCn1c(N)c(N(Cc2ccccc2)C(=O)C2CCCC2)c(=O)[nH]c1=O. The van der Waals surface area contributed by atoms with E-state index in [1.165, 1.54) is 9.47 Å². The van der Waals surface area contributed by atoms with Gasteiger partial charge in [-0.1, -0.05) is 56.5 Å². The Morgan fingerprint density at radius 2 is 1.89 bits per heavy atom. The van der Waals surface area contributed by atoms with Gasteiger partial charge in [-0.25, -0.2) is 4.79 Å². The number of carbonyl (C=O) groups is 1. The highest BCUT2D eigenvalue weighted by molar-refractivity contribution is 5.97. The summed E-state index contributed by atoms with van der Waals surface area (Å²) in [5.41, 5.74) is 6.10. The molecule has 0 spiro atoms. The van der Waals surface area contributed by atoms with Crippen molar-refractivity contribution in [2.24, 2.45) is 5.92 Å². The number of aromatic nitrogens is 2. The van der Waals surface area contributed by atoms with E-state index < -0.39 is 11.2 Å². The Bertz CT molecular complexity index is 927. The molecule has 2 aromatic rings. The second kappa shape index (κ2) is 8.91. The molecule has 0 atom stereocenters. The van der Waals surface area contributed by atoms with E-state index >= 15 is 0 Å². The van der Waals surface area contributed by atoms with Gasteiger partial charge in [-0.05, 0) is 24.8 Å². The van der Waals surface area contributed by atoms with Crippen LogP contribution in [0.4, 0.5) is 11.5 Å². The lowest BCUT2D eigenvalue weighted by Crippen LogP contribution is -2.42. The summed E-state index contributed by atoms with van der Waals surface area (Å²) < 4.78 is 1.36. The van der Waals surface area contributed by atoms with E-state index in [1.807, 2.05) is 37.3 Å². The molecule has 7 heteroatoms. The van der Waals surface area contributed by atoms with Gasteiger partial charge in [-0.3, -0.25) is 24.0 Å². The van der Waals surface area contributed by atoms with Gasteiger partial charge in [0, 0.05) is 12.5 Å². The molecular weight excluding hydrogens is 356 g/mol. The standard InChI is InChI=1S/C21H28N4O3/c1-2-3-13-24-18(22)17(19(26)23-21(24)28)25(14-15-9-5-4-6-10-15)20(27)16-11-7-8-12-16/h4-6,9-10,16H,2-3,7-8,11-14,22H2,1H3,(H,23,26,28). The normalized spacial score (nSPS) is 14.3. The maximum atomic E-state index is 13.3. The molecule has 1 aromatic carbocycles. The summed E-state index contributed by atoms with van der Waals surface area (Å²) >= 11 is 0. The molecule has 3 rings (SSSR count). The first-order valence-electron chi connectivity index (χ1n) is 10.0. The van der Waals surface area contributed by atoms with E-state index in [0.29, 0.717) is 6.54 Å². The Morgan fingerprint density at radius 1 is 1.21 bits per heavy atom. The van der Waals surface area contributed by atoms with Crippen LogP contribution in [0.25, 0.3) is 0 Å². The topological polar surface area (TPSA) is 101 Å². The molecule has 1 aromatic heterocycles. The smallest absolute Gasteiger partial charge is 0.330 e. The van der Waals surface area contributed by atoms with Crippen molar-refractivity contribution in [3.8, 4) is 0 Å². The summed E-state index contributed by atoms with van der Waals surface area (Å²) in [7, 11) is 0. The van der Waals surface area contributed by atoms with Crippen LogP contribution in [-0.4, -0.2) is 15.5 Å². The Balaban J connectivity index is 2.07. The number of amides is 1. The number of nitrogens with one attached hydrogen (secondary N) is 1.